The van der Waals surface area contributed by atoms with E-state index in [9.17, 15) is 24.3 Å². The summed E-state index contributed by atoms with van der Waals surface area (Å²) in [4.78, 5) is 49.1. The van der Waals surface area contributed by atoms with Crippen LogP contribution in [0, 0.1) is 0 Å². The number of nitrogens with one attached hydrogen (secondary N) is 4. The van der Waals surface area contributed by atoms with E-state index < -0.39 is 29.8 Å². The summed E-state index contributed by atoms with van der Waals surface area (Å²) in [5, 5.41) is 19.9. The number of hydrogen-bond acceptors (Lipinski definition) is 6. The van der Waals surface area contributed by atoms with E-state index in [1.807, 2.05) is 37.3 Å². The summed E-state index contributed by atoms with van der Waals surface area (Å²) in [7, 11) is 0. The Hall–Kier alpha value is -3.92. The minimum absolute atomic E-state index is 0.0324. The standard InChI is InChI=1S/C26H35N5O5/c1-2-13-28-26(36)22(16-18-6-4-3-5-7-18)31-24(34)17-30-23(33)12-14-29-25(35)21(27)15-19-8-10-20(32)11-9-19/h3-11,21-22,32H,2,12-17,27H2,1H3,(H,28,36)(H,29,35)(H,30,33)(H,31,34)/t21-,22+/m1/s1. The van der Waals surface area contributed by atoms with Gasteiger partial charge in [0, 0.05) is 25.9 Å². The maximum Gasteiger partial charge on any atom is 0.242 e. The van der Waals surface area contributed by atoms with Crippen molar-refractivity contribution in [3.8, 4) is 5.75 Å². The lowest BCUT2D eigenvalue weighted by Gasteiger charge is -2.19. The smallest absolute Gasteiger partial charge is 0.242 e. The molecule has 0 aliphatic rings. The lowest BCUT2D eigenvalue weighted by molar-refractivity contribution is -0.129. The first-order valence-electron chi connectivity index (χ1n) is 12.0. The normalized spacial score (nSPS) is 12.2. The van der Waals surface area contributed by atoms with Crippen molar-refractivity contribution < 1.29 is 24.3 Å². The van der Waals surface area contributed by atoms with Gasteiger partial charge in [-0.3, -0.25) is 19.2 Å². The third kappa shape index (κ3) is 10.6. The molecule has 36 heavy (non-hydrogen) atoms. The fourth-order valence-corrected chi connectivity index (χ4v) is 3.35. The van der Waals surface area contributed by atoms with Gasteiger partial charge in [0.25, 0.3) is 0 Å². The molecule has 2 rings (SSSR count). The molecule has 4 amide bonds. The topological polar surface area (TPSA) is 163 Å². The Bertz CT molecular complexity index is 998. The van der Waals surface area contributed by atoms with Crippen molar-refractivity contribution in [3.05, 3.63) is 65.7 Å². The molecular weight excluding hydrogens is 462 g/mol. The van der Waals surface area contributed by atoms with E-state index in [-0.39, 0.29) is 37.6 Å². The summed E-state index contributed by atoms with van der Waals surface area (Å²) in [6.07, 6.45) is 1.35. The Morgan fingerprint density at radius 3 is 2.11 bits per heavy atom. The Balaban J connectivity index is 1.73. The van der Waals surface area contributed by atoms with Gasteiger partial charge in [0.05, 0.1) is 12.6 Å². The zero-order chi connectivity index (χ0) is 26.3. The molecule has 0 aliphatic heterocycles. The number of hydrogen-bond donors (Lipinski definition) is 6. The van der Waals surface area contributed by atoms with E-state index in [0.717, 1.165) is 17.5 Å². The van der Waals surface area contributed by atoms with Crippen LogP contribution in [0.5, 0.6) is 5.75 Å². The van der Waals surface area contributed by atoms with E-state index in [1.165, 1.54) is 12.1 Å². The van der Waals surface area contributed by atoms with Crippen molar-refractivity contribution in [3.63, 3.8) is 0 Å². The molecule has 2 aromatic rings. The van der Waals surface area contributed by atoms with E-state index in [2.05, 4.69) is 21.3 Å². The first-order chi connectivity index (χ1) is 17.3. The Morgan fingerprint density at radius 2 is 1.44 bits per heavy atom. The monoisotopic (exact) mass is 497 g/mol. The van der Waals surface area contributed by atoms with Gasteiger partial charge in [-0.05, 0) is 36.1 Å². The molecule has 0 aromatic heterocycles. The van der Waals surface area contributed by atoms with Crippen LogP contribution in [0.15, 0.2) is 54.6 Å². The predicted octanol–water partition coefficient (Wildman–Crippen LogP) is 0.138. The molecule has 0 heterocycles. The molecule has 10 nitrogen and oxygen atoms in total. The molecule has 0 saturated heterocycles. The van der Waals surface area contributed by atoms with Crippen molar-refractivity contribution in [1.29, 1.82) is 0 Å². The van der Waals surface area contributed by atoms with Crippen LogP contribution in [0.25, 0.3) is 0 Å². The number of nitrogens with two attached hydrogens (primary N) is 1. The minimum Gasteiger partial charge on any atom is -0.508 e. The third-order valence-electron chi connectivity index (χ3n) is 5.31. The second-order valence-corrected chi connectivity index (χ2v) is 8.40. The van der Waals surface area contributed by atoms with Crippen molar-refractivity contribution in [2.45, 2.75) is 44.7 Å². The number of benzene rings is 2. The van der Waals surface area contributed by atoms with Crippen molar-refractivity contribution in [1.82, 2.24) is 21.3 Å². The average molecular weight is 498 g/mol. The molecule has 2 aromatic carbocycles. The minimum atomic E-state index is -0.802. The van der Waals surface area contributed by atoms with Crippen LogP contribution in [0.2, 0.25) is 0 Å². The highest BCUT2D eigenvalue weighted by Crippen LogP contribution is 2.11. The second-order valence-electron chi connectivity index (χ2n) is 8.40. The lowest BCUT2D eigenvalue weighted by Crippen LogP contribution is -2.50. The Kier molecular flexibility index (Phi) is 11.9. The number of carbonyl (C=O) groups excluding carboxylic acids is 4. The van der Waals surface area contributed by atoms with E-state index in [0.29, 0.717) is 13.0 Å². The van der Waals surface area contributed by atoms with Gasteiger partial charge in [0.1, 0.15) is 11.8 Å². The molecular formula is C26H35N5O5. The fraction of sp³-hybridized carbons (Fsp3) is 0.385. The van der Waals surface area contributed by atoms with Crippen LogP contribution in [-0.4, -0.2) is 60.5 Å². The largest absolute Gasteiger partial charge is 0.508 e. The molecule has 0 unspecified atom stereocenters. The van der Waals surface area contributed by atoms with Gasteiger partial charge in [-0.25, -0.2) is 0 Å². The molecule has 10 heteroatoms. The van der Waals surface area contributed by atoms with Gasteiger partial charge in [0.2, 0.25) is 23.6 Å². The number of phenols is 1. The third-order valence-corrected chi connectivity index (χ3v) is 5.31. The van der Waals surface area contributed by atoms with Crippen LogP contribution >= 0.6 is 0 Å². The number of amides is 4. The number of aromatic hydroxyl groups is 1. The van der Waals surface area contributed by atoms with Crippen LogP contribution in [-0.2, 0) is 32.0 Å². The Morgan fingerprint density at radius 1 is 0.806 bits per heavy atom. The van der Waals surface area contributed by atoms with Gasteiger partial charge in [-0.15, -0.1) is 0 Å². The van der Waals surface area contributed by atoms with Crippen molar-refractivity contribution >= 4 is 23.6 Å². The number of rotatable bonds is 14. The SMILES string of the molecule is CCCNC(=O)[C@H](Cc1ccccc1)NC(=O)CNC(=O)CCNC(=O)[C@H](N)Cc1ccc(O)cc1. The summed E-state index contributed by atoms with van der Waals surface area (Å²) < 4.78 is 0. The molecule has 0 bridgehead atoms. The van der Waals surface area contributed by atoms with E-state index in [1.54, 1.807) is 12.1 Å². The van der Waals surface area contributed by atoms with Crippen molar-refractivity contribution in [2.24, 2.45) is 5.73 Å². The fourth-order valence-electron chi connectivity index (χ4n) is 3.35. The van der Waals surface area contributed by atoms with Crippen LogP contribution in [0.1, 0.15) is 30.9 Å². The molecule has 0 fully saturated rings. The highest BCUT2D eigenvalue weighted by atomic mass is 16.3. The summed E-state index contributed by atoms with van der Waals surface area (Å²) in [5.41, 5.74) is 7.60. The van der Waals surface area contributed by atoms with Gasteiger partial charge in [-0.2, -0.15) is 0 Å². The highest BCUT2D eigenvalue weighted by molar-refractivity contribution is 5.90. The van der Waals surface area contributed by atoms with Crippen LogP contribution < -0.4 is 27.0 Å². The lowest BCUT2D eigenvalue weighted by atomic mass is 10.1. The molecule has 2 atom stereocenters. The molecule has 0 radical (unpaired) electrons. The zero-order valence-corrected chi connectivity index (χ0v) is 20.5. The van der Waals surface area contributed by atoms with Crippen LogP contribution in [0.4, 0.5) is 0 Å². The maximum atomic E-state index is 12.5. The highest BCUT2D eigenvalue weighted by Gasteiger charge is 2.21. The van der Waals surface area contributed by atoms with E-state index in [4.69, 9.17) is 5.73 Å². The van der Waals surface area contributed by atoms with Gasteiger partial charge in [-0.1, -0.05) is 49.4 Å². The quantitative estimate of drug-likeness (QED) is 0.217. The van der Waals surface area contributed by atoms with Gasteiger partial charge >= 0.3 is 0 Å². The predicted molar refractivity (Wildman–Crippen MR) is 136 cm³/mol. The molecule has 194 valence electrons. The van der Waals surface area contributed by atoms with Gasteiger partial charge < -0.3 is 32.1 Å². The molecule has 7 N–H and O–H groups in total. The molecule has 0 aliphatic carbocycles. The van der Waals surface area contributed by atoms with Crippen molar-refractivity contribution in [2.75, 3.05) is 19.6 Å². The average Bonchev–Trinajstić information content (AvgIpc) is 2.87. The summed E-state index contributed by atoms with van der Waals surface area (Å²) >= 11 is 0. The van der Waals surface area contributed by atoms with Gasteiger partial charge in [0.15, 0.2) is 0 Å². The summed E-state index contributed by atoms with van der Waals surface area (Å²) in [5.74, 6) is -1.48. The second kappa shape index (κ2) is 15.2. The molecule has 0 saturated carbocycles. The number of phenolic OH excluding ortho intramolecular Hbond substituents is 1. The summed E-state index contributed by atoms with van der Waals surface area (Å²) in [6, 6.07) is 14.2. The first kappa shape index (κ1) is 28.3. The Labute approximate surface area is 211 Å². The number of carbonyl (C=O) groups is 4. The van der Waals surface area contributed by atoms with E-state index >= 15 is 0 Å². The zero-order valence-electron chi connectivity index (χ0n) is 20.5. The van der Waals surface area contributed by atoms with Crippen LogP contribution in [0.3, 0.4) is 0 Å². The summed E-state index contributed by atoms with van der Waals surface area (Å²) in [6.45, 7) is 2.21. The maximum absolute atomic E-state index is 12.5. The molecule has 0 spiro atoms. The first-order valence-corrected chi connectivity index (χ1v) is 12.0.